The first kappa shape index (κ1) is 13.9. The van der Waals surface area contributed by atoms with Crippen LogP contribution in [0.3, 0.4) is 0 Å². The fraction of sp³-hybridized carbons (Fsp3) is 0.133. The van der Waals surface area contributed by atoms with Crippen LogP contribution in [0.4, 0.5) is 5.69 Å². The molecule has 3 nitrogen and oxygen atoms in total. The second-order valence-corrected chi connectivity index (χ2v) is 5.39. The summed E-state index contributed by atoms with van der Waals surface area (Å²) in [5, 5.41) is 2.87. The van der Waals surface area contributed by atoms with Gasteiger partial charge in [0.25, 0.3) is 5.91 Å². The van der Waals surface area contributed by atoms with Crippen molar-refractivity contribution < 1.29 is 9.53 Å². The number of carbonyl (C=O) groups is 1. The highest BCUT2D eigenvalue weighted by molar-refractivity contribution is 14.1. The third-order valence-electron chi connectivity index (χ3n) is 2.76. The molecule has 2 aromatic rings. The average molecular weight is 367 g/mol. The van der Waals surface area contributed by atoms with Crippen LogP contribution in [0.5, 0.6) is 5.75 Å². The molecule has 2 rings (SSSR count). The first-order valence-corrected chi connectivity index (χ1v) is 6.89. The maximum Gasteiger partial charge on any atom is 0.255 e. The molecule has 0 aliphatic heterocycles. The topological polar surface area (TPSA) is 38.3 Å². The van der Waals surface area contributed by atoms with Crippen molar-refractivity contribution in [2.45, 2.75) is 6.92 Å². The van der Waals surface area contributed by atoms with E-state index in [9.17, 15) is 4.79 Å². The first-order chi connectivity index (χ1) is 9.10. The van der Waals surface area contributed by atoms with Crippen molar-refractivity contribution in [1.82, 2.24) is 0 Å². The van der Waals surface area contributed by atoms with Gasteiger partial charge in [0, 0.05) is 14.8 Å². The van der Waals surface area contributed by atoms with Gasteiger partial charge in [-0.3, -0.25) is 4.79 Å². The zero-order valence-corrected chi connectivity index (χ0v) is 12.9. The number of nitrogens with one attached hydrogen (secondary N) is 1. The summed E-state index contributed by atoms with van der Waals surface area (Å²) in [7, 11) is 1.62. The van der Waals surface area contributed by atoms with E-state index in [-0.39, 0.29) is 5.91 Å². The van der Waals surface area contributed by atoms with Gasteiger partial charge in [-0.05, 0) is 77.5 Å². The molecule has 0 saturated heterocycles. The van der Waals surface area contributed by atoms with E-state index in [1.165, 1.54) is 0 Å². The van der Waals surface area contributed by atoms with Crippen LogP contribution >= 0.6 is 22.6 Å². The van der Waals surface area contributed by atoms with Crippen LogP contribution in [0.15, 0.2) is 42.5 Å². The number of benzene rings is 2. The fourth-order valence-corrected chi connectivity index (χ4v) is 2.12. The molecular formula is C15H14INO2. The van der Waals surface area contributed by atoms with Gasteiger partial charge in [-0.1, -0.05) is 0 Å². The van der Waals surface area contributed by atoms with Crippen molar-refractivity contribution in [3.63, 3.8) is 0 Å². The third kappa shape index (κ3) is 3.47. The predicted octanol–water partition coefficient (Wildman–Crippen LogP) is 3.86. The van der Waals surface area contributed by atoms with Crippen LogP contribution in [-0.4, -0.2) is 13.0 Å². The monoisotopic (exact) mass is 367 g/mol. The van der Waals surface area contributed by atoms with E-state index in [1.54, 1.807) is 19.2 Å². The lowest BCUT2D eigenvalue weighted by Gasteiger charge is -2.08. The van der Waals surface area contributed by atoms with Crippen LogP contribution in [0.2, 0.25) is 0 Å². The maximum absolute atomic E-state index is 12.1. The molecule has 0 aliphatic rings. The van der Waals surface area contributed by atoms with Gasteiger partial charge in [-0.15, -0.1) is 0 Å². The quantitative estimate of drug-likeness (QED) is 0.837. The Balaban J connectivity index is 2.16. The SMILES string of the molecule is COc1ccc(C(=O)Nc2ccc(I)cc2)cc1C. The Labute approximate surface area is 126 Å². The molecule has 0 atom stereocenters. The highest BCUT2D eigenvalue weighted by atomic mass is 127. The molecule has 98 valence electrons. The van der Waals surface area contributed by atoms with E-state index < -0.39 is 0 Å². The van der Waals surface area contributed by atoms with Crippen LogP contribution in [0.1, 0.15) is 15.9 Å². The molecule has 0 radical (unpaired) electrons. The number of aryl methyl sites for hydroxylation is 1. The largest absolute Gasteiger partial charge is 0.496 e. The zero-order valence-electron chi connectivity index (χ0n) is 10.7. The van der Waals surface area contributed by atoms with Gasteiger partial charge in [-0.2, -0.15) is 0 Å². The minimum atomic E-state index is -0.119. The molecule has 0 fully saturated rings. The number of hydrogen-bond acceptors (Lipinski definition) is 2. The third-order valence-corrected chi connectivity index (χ3v) is 3.48. The average Bonchev–Trinajstić information content (AvgIpc) is 2.41. The summed E-state index contributed by atoms with van der Waals surface area (Å²) in [6.07, 6.45) is 0. The van der Waals surface area contributed by atoms with Crippen LogP contribution in [0.25, 0.3) is 0 Å². The van der Waals surface area contributed by atoms with E-state index in [2.05, 4.69) is 27.9 Å². The van der Waals surface area contributed by atoms with Crippen LogP contribution in [-0.2, 0) is 0 Å². The Hall–Kier alpha value is -1.56. The van der Waals surface area contributed by atoms with Crippen LogP contribution < -0.4 is 10.1 Å². The van der Waals surface area contributed by atoms with E-state index in [0.717, 1.165) is 20.6 Å². The second kappa shape index (κ2) is 6.06. The van der Waals surface area contributed by atoms with E-state index >= 15 is 0 Å². The molecule has 19 heavy (non-hydrogen) atoms. The first-order valence-electron chi connectivity index (χ1n) is 5.81. The number of ether oxygens (including phenoxy) is 1. The van der Waals surface area contributed by atoms with Gasteiger partial charge in [0.2, 0.25) is 0 Å². The van der Waals surface area contributed by atoms with Crippen molar-refractivity contribution >= 4 is 34.2 Å². The second-order valence-electron chi connectivity index (χ2n) is 4.15. The number of amides is 1. The molecule has 0 bridgehead atoms. The van der Waals surface area contributed by atoms with Gasteiger partial charge in [-0.25, -0.2) is 0 Å². The standard InChI is InChI=1S/C15H14INO2/c1-10-9-11(3-8-14(10)19-2)15(18)17-13-6-4-12(16)5-7-13/h3-9H,1-2H3,(H,17,18). The number of rotatable bonds is 3. The molecule has 2 aromatic carbocycles. The number of methoxy groups -OCH3 is 1. The number of halogens is 1. The van der Waals surface area contributed by atoms with Gasteiger partial charge in [0.15, 0.2) is 0 Å². The Morgan fingerprint density at radius 3 is 2.42 bits per heavy atom. The van der Waals surface area contributed by atoms with Crippen molar-refractivity contribution in [3.8, 4) is 5.75 Å². The van der Waals surface area contributed by atoms with Crippen LogP contribution in [0, 0.1) is 10.5 Å². The van der Waals surface area contributed by atoms with E-state index in [1.807, 2.05) is 37.3 Å². The molecule has 0 aliphatic carbocycles. The summed E-state index contributed by atoms with van der Waals surface area (Å²) < 4.78 is 6.31. The molecule has 0 spiro atoms. The van der Waals surface area contributed by atoms with E-state index in [4.69, 9.17) is 4.74 Å². The van der Waals surface area contributed by atoms with Crippen molar-refractivity contribution in [3.05, 3.63) is 57.2 Å². The molecule has 0 saturated carbocycles. The van der Waals surface area contributed by atoms with Gasteiger partial charge in [0.05, 0.1) is 7.11 Å². The minimum absolute atomic E-state index is 0.119. The lowest BCUT2D eigenvalue weighted by atomic mass is 10.1. The maximum atomic E-state index is 12.1. The van der Waals surface area contributed by atoms with Crippen molar-refractivity contribution in [2.24, 2.45) is 0 Å². The van der Waals surface area contributed by atoms with Gasteiger partial charge in [0.1, 0.15) is 5.75 Å². The Kier molecular flexibility index (Phi) is 4.42. The summed E-state index contributed by atoms with van der Waals surface area (Å²) in [6, 6.07) is 13.1. The molecule has 4 heteroatoms. The van der Waals surface area contributed by atoms with Crippen molar-refractivity contribution in [1.29, 1.82) is 0 Å². The van der Waals surface area contributed by atoms with Gasteiger partial charge >= 0.3 is 0 Å². The van der Waals surface area contributed by atoms with E-state index in [0.29, 0.717) is 5.56 Å². The minimum Gasteiger partial charge on any atom is -0.496 e. The molecule has 0 heterocycles. The lowest BCUT2D eigenvalue weighted by molar-refractivity contribution is 0.102. The fourth-order valence-electron chi connectivity index (χ4n) is 1.76. The highest BCUT2D eigenvalue weighted by Crippen LogP contribution is 2.19. The Morgan fingerprint density at radius 2 is 1.84 bits per heavy atom. The molecule has 0 aromatic heterocycles. The summed E-state index contributed by atoms with van der Waals surface area (Å²) in [5.41, 5.74) is 2.36. The molecule has 0 unspecified atom stereocenters. The summed E-state index contributed by atoms with van der Waals surface area (Å²) >= 11 is 2.23. The highest BCUT2D eigenvalue weighted by Gasteiger charge is 2.08. The Morgan fingerprint density at radius 1 is 1.16 bits per heavy atom. The number of carbonyl (C=O) groups excluding carboxylic acids is 1. The molecular weight excluding hydrogens is 353 g/mol. The smallest absolute Gasteiger partial charge is 0.255 e. The Bertz CT molecular complexity index is 594. The summed E-state index contributed by atoms with van der Waals surface area (Å²) in [6.45, 7) is 1.92. The number of hydrogen-bond donors (Lipinski definition) is 1. The zero-order chi connectivity index (χ0) is 13.8. The summed E-state index contributed by atoms with van der Waals surface area (Å²) in [4.78, 5) is 12.1. The predicted molar refractivity (Wildman–Crippen MR) is 84.8 cm³/mol. The summed E-state index contributed by atoms with van der Waals surface area (Å²) in [5.74, 6) is 0.665. The van der Waals surface area contributed by atoms with Gasteiger partial charge < -0.3 is 10.1 Å². The molecule has 1 amide bonds. The normalized spacial score (nSPS) is 10.1. The lowest BCUT2D eigenvalue weighted by Crippen LogP contribution is -2.12. The molecule has 1 N–H and O–H groups in total. The van der Waals surface area contributed by atoms with Crippen molar-refractivity contribution in [2.75, 3.05) is 12.4 Å². The number of anilines is 1.